The van der Waals surface area contributed by atoms with E-state index in [9.17, 15) is 13.2 Å². The number of carbonyl (C=O) groups excluding carboxylic acids is 1. The first-order chi connectivity index (χ1) is 7.99. The normalized spacial score (nSPS) is 33.4. The van der Waals surface area contributed by atoms with E-state index in [1.165, 1.54) is 0 Å². The highest BCUT2D eigenvalue weighted by Crippen LogP contribution is 2.17. The second-order valence-electron chi connectivity index (χ2n) is 5.03. The van der Waals surface area contributed by atoms with Crippen molar-refractivity contribution in [3.63, 3.8) is 0 Å². The van der Waals surface area contributed by atoms with Crippen molar-refractivity contribution in [1.82, 2.24) is 10.2 Å². The van der Waals surface area contributed by atoms with Crippen molar-refractivity contribution in [3.05, 3.63) is 0 Å². The Bertz CT molecular complexity index is 394. The van der Waals surface area contributed by atoms with Gasteiger partial charge in [-0.25, -0.2) is 8.42 Å². The predicted molar refractivity (Wildman–Crippen MR) is 65.4 cm³/mol. The molecule has 2 aliphatic heterocycles. The van der Waals surface area contributed by atoms with Crippen LogP contribution in [0.4, 0.5) is 0 Å². The van der Waals surface area contributed by atoms with Gasteiger partial charge >= 0.3 is 0 Å². The zero-order valence-corrected chi connectivity index (χ0v) is 11.0. The lowest BCUT2D eigenvalue weighted by atomic mass is 10.0. The smallest absolute Gasteiger partial charge is 0.240 e. The van der Waals surface area contributed by atoms with E-state index in [2.05, 4.69) is 12.2 Å². The molecule has 1 N–H and O–H groups in total. The third kappa shape index (κ3) is 2.98. The molecule has 5 nitrogen and oxygen atoms in total. The molecular weight excluding hydrogens is 240 g/mol. The lowest BCUT2D eigenvalue weighted by molar-refractivity contribution is -0.133. The highest BCUT2D eigenvalue weighted by atomic mass is 32.2. The molecule has 1 amide bonds. The highest BCUT2D eigenvalue weighted by molar-refractivity contribution is 7.91. The zero-order valence-electron chi connectivity index (χ0n) is 10.2. The molecule has 2 rings (SSSR count). The summed E-state index contributed by atoms with van der Waals surface area (Å²) in [5.41, 5.74) is 0. The van der Waals surface area contributed by atoms with Crippen molar-refractivity contribution in [3.8, 4) is 0 Å². The van der Waals surface area contributed by atoms with Gasteiger partial charge in [-0.2, -0.15) is 0 Å². The molecule has 0 aromatic rings. The van der Waals surface area contributed by atoms with Crippen LogP contribution in [0.3, 0.4) is 0 Å². The van der Waals surface area contributed by atoms with E-state index >= 15 is 0 Å². The molecule has 2 saturated heterocycles. The van der Waals surface area contributed by atoms with Gasteiger partial charge in [-0.15, -0.1) is 0 Å². The van der Waals surface area contributed by atoms with E-state index in [0.29, 0.717) is 25.4 Å². The first kappa shape index (κ1) is 12.8. The molecule has 17 heavy (non-hydrogen) atoms. The summed E-state index contributed by atoms with van der Waals surface area (Å²) >= 11 is 0. The minimum atomic E-state index is -2.94. The summed E-state index contributed by atoms with van der Waals surface area (Å²) in [4.78, 5) is 14.0. The van der Waals surface area contributed by atoms with Crippen LogP contribution in [-0.2, 0) is 14.6 Å². The van der Waals surface area contributed by atoms with Crippen molar-refractivity contribution in [1.29, 1.82) is 0 Å². The van der Waals surface area contributed by atoms with Crippen molar-refractivity contribution in [2.45, 2.75) is 25.8 Å². The Kier molecular flexibility index (Phi) is 3.73. The molecule has 0 bridgehead atoms. The average molecular weight is 260 g/mol. The van der Waals surface area contributed by atoms with Crippen LogP contribution in [0.1, 0.15) is 19.8 Å². The van der Waals surface area contributed by atoms with Gasteiger partial charge < -0.3 is 10.2 Å². The van der Waals surface area contributed by atoms with Crippen LogP contribution in [0.25, 0.3) is 0 Å². The summed E-state index contributed by atoms with van der Waals surface area (Å²) in [6.45, 7) is 3.87. The maximum absolute atomic E-state index is 12.2. The molecular formula is C11H20N2O3S. The van der Waals surface area contributed by atoms with Gasteiger partial charge in [0.2, 0.25) is 5.91 Å². The van der Waals surface area contributed by atoms with Gasteiger partial charge in [-0.05, 0) is 25.3 Å². The fraction of sp³-hybridized carbons (Fsp3) is 0.909. The average Bonchev–Trinajstić information content (AvgIpc) is 2.59. The molecule has 2 atom stereocenters. The van der Waals surface area contributed by atoms with E-state index < -0.39 is 9.84 Å². The van der Waals surface area contributed by atoms with Gasteiger partial charge in [0.1, 0.15) is 0 Å². The molecule has 0 saturated carbocycles. The van der Waals surface area contributed by atoms with Crippen LogP contribution in [0.5, 0.6) is 0 Å². The third-order valence-corrected chi connectivity index (χ3v) is 5.38. The standard InChI is InChI=1S/C11H20N2O3S/c1-9-3-4-12-10(9)11(14)13-5-2-7-17(15,16)8-6-13/h9-10,12H,2-8H2,1H3. The Hall–Kier alpha value is -0.620. The van der Waals surface area contributed by atoms with Gasteiger partial charge in [0.05, 0.1) is 17.5 Å². The van der Waals surface area contributed by atoms with Crippen LogP contribution in [0, 0.1) is 5.92 Å². The van der Waals surface area contributed by atoms with E-state index in [1.807, 2.05) is 0 Å². The summed E-state index contributed by atoms with van der Waals surface area (Å²) < 4.78 is 22.9. The minimum Gasteiger partial charge on any atom is -0.340 e. The number of nitrogens with zero attached hydrogens (tertiary/aromatic N) is 1. The van der Waals surface area contributed by atoms with Crippen molar-refractivity contribution in [2.75, 3.05) is 31.1 Å². The number of hydrogen-bond donors (Lipinski definition) is 1. The molecule has 0 spiro atoms. The first-order valence-corrected chi connectivity index (χ1v) is 8.04. The number of carbonyl (C=O) groups is 1. The molecule has 2 heterocycles. The first-order valence-electron chi connectivity index (χ1n) is 6.22. The van der Waals surface area contributed by atoms with Crippen molar-refractivity contribution in [2.24, 2.45) is 5.92 Å². The van der Waals surface area contributed by atoms with Gasteiger partial charge in [-0.3, -0.25) is 4.79 Å². The zero-order chi connectivity index (χ0) is 12.5. The number of hydrogen-bond acceptors (Lipinski definition) is 4. The maximum Gasteiger partial charge on any atom is 0.240 e. The largest absolute Gasteiger partial charge is 0.340 e. The number of rotatable bonds is 1. The monoisotopic (exact) mass is 260 g/mol. The Balaban J connectivity index is 2.00. The topological polar surface area (TPSA) is 66.5 Å². The quantitative estimate of drug-likeness (QED) is 0.698. The molecule has 6 heteroatoms. The van der Waals surface area contributed by atoms with Crippen LogP contribution < -0.4 is 5.32 Å². The summed E-state index contributed by atoms with van der Waals surface area (Å²) in [7, 11) is -2.94. The van der Waals surface area contributed by atoms with Gasteiger partial charge in [0.25, 0.3) is 0 Å². The number of amides is 1. The van der Waals surface area contributed by atoms with E-state index in [1.54, 1.807) is 4.90 Å². The van der Waals surface area contributed by atoms with Crippen molar-refractivity contribution < 1.29 is 13.2 Å². The molecule has 2 unspecified atom stereocenters. The lowest BCUT2D eigenvalue weighted by Gasteiger charge is -2.25. The molecule has 98 valence electrons. The van der Waals surface area contributed by atoms with Crippen LogP contribution in [0.15, 0.2) is 0 Å². The Labute approximate surface area is 102 Å². The molecule has 0 aliphatic carbocycles. The highest BCUT2D eigenvalue weighted by Gasteiger charge is 2.33. The van der Waals surface area contributed by atoms with E-state index in [4.69, 9.17) is 0 Å². The summed E-state index contributed by atoms with van der Waals surface area (Å²) in [6.07, 6.45) is 1.58. The van der Waals surface area contributed by atoms with Gasteiger partial charge in [-0.1, -0.05) is 6.92 Å². The fourth-order valence-electron chi connectivity index (χ4n) is 2.52. The summed E-state index contributed by atoms with van der Waals surface area (Å²) in [5, 5.41) is 3.20. The van der Waals surface area contributed by atoms with E-state index in [-0.39, 0.29) is 23.5 Å². The minimum absolute atomic E-state index is 0.0760. The lowest BCUT2D eigenvalue weighted by Crippen LogP contribution is -2.46. The Morgan fingerprint density at radius 3 is 2.71 bits per heavy atom. The van der Waals surface area contributed by atoms with Crippen LogP contribution >= 0.6 is 0 Å². The Morgan fingerprint density at radius 2 is 2.06 bits per heavy atom. The van der Waals surface area contributed by atoms with Crippen LogP contribution in [-0.4, -0.2) is 56.4 Å². The maximum atomic E-state index is 12.2. The molecule has 0 aromatic heterocycles. The molecule has 0 radical (unpaired) electrons. The van der Waals surface area contributed by atoms with Gasteiger partial charge in [0, 0.05) is 13.1 Å². The second-order valence-corrected chi connectivity index (χ2v) is 7.33. The van der Waals surface area contributed by atoms with Gasteiger partial charge in [0.15, 0.2) is 9.84 Å². The van der Waals surface area contributed by atoms with E-state index in [0.717, 1.165) is 13.0 Å². The third-order valence-electron chi connectivity index (χ3n) is 3.67. The molecule has 2 fully saturated rings. The van der Waals surface area contributed by atoms with Crippen molar-refractivity contribution >= 4 is 15.7 Å². The number of nitrogens with one attached hydrogen (secondary N) is 1. The summed E-state index contributed by atoms with van der Waals surface area (Å²) in [5.74, 6) is 0.749. The van der Waals surface area contributed by atoms with Crippen LogP contribution in [0.2, 0.25) is 0 Å². The Morgan fingerprint density at radius 1 is 1.29 bits per heavy atom. The second kappa shape index (κ2) is 4.94. The summed E-state index contributed by atoms with van der Waals surface area (Å²) in [6, 6.07) is -0.115. The predicted octanol–water partition coefficient (Wildman–Crippen LogP) is -0.368. The number of sulfone groups is 1. The SMILES string of the molecule is CC1CCNC1C(=O)N1CCCS(=O)(=O)CC1. The fourth-order valence-corrected chi connectivity index (χ4v) is 3.79. The molecule has 2 aliphatic rings. The molecule has 0 aromatic carbocycles.